The van der Waals surface area contributed by atoms with Gasteiger partial charge in [-0.1, -0.05) is 62.7 Å². The predicted molar refractivity (Wildman–Crippen MR) is 160 cm³/mol. The average Bonchev–Trinajstić information content (AvgIpc) is 3.23. The molecule has 4 aromatic rings. The summed E-state index contributed by atoms with van der Waals surface area (Å²) >= 11 is 0. The summed E-state index contributed by atoms with van der Waals surface area (Å²) in [5.74, 6) is 1.51. The molecule has 0 aliphatic rings. The molecule has 0 radical (unpaired) electrons. The van der Waals surface area contributed by atoms with E-state index in [4.69, 9.17) is 14.5 Å². The molecule has 0 aliphatic heterocycles. The summed E-state index contributed by atoms with van der Waals surface area (Å²) < 4.78 is 13.1. The Bertz CT molecular complexity index is 1470. The fourth-order valence-corrected chi connectivity index (χ4v) is 4.54. The van der Waals surface area contributed by atoms with E-state index in [0.717, 1.165) is 64.9 Å². The number of aryl methyl sites for hydroxylation is 1. The van der Waals surface area contributed by atoms with Crippen LogP contribution < -0.4 is 10.1 Å². The number of nitrogens with one attached hydrogen (secondary N) is 1. The van der Waals surface area contributed by atoms with Crippen molar-refractivity contribution in [3.05, 3.63) is 78.1 Å². The standard InChI is InChI=1S/C33H39N3O4/c1-6-8-14-30-35-27-21-25(34-31(37)11-7-2)19-20-28(27)36(30)22-23-15-17-24(18-16-23)26-12-9-10-13-29(26)39-32(38)40-33(3,4)5/h9-10,12-13,15-21H,6-8,11,14,22H2,1-5H3,(H,34,37). The van der Waals surface area contributed by atoms with Crippen LogP contribution in [0.5, 0.6) is 5.75 Å². The normalized spacial score (nSPS) is 11.4. The van der Waals surface area contributed by atoms with Gasteiger partial charge in [0.05, 0.1) is 11.0 Å². The Labute approximate surface area is 236 Å². The third-order valence-corrected chi connectivity index (χ3v) is 6.42. The van der Waals surface area contributed by atoms with Gasteiger partial charge in [-0.15, -0.1) is 0 Å². The van der Waals surface area contributed by atoms with E-state index in [9.17, 15) is 9.59 Å². The number of unbranched alkanes of at least 4 members (excludes halogenated alkanes) is 1. The van der Waals surface area contributed by atoms with Gasteiger partial charge in [-0.3, -0.25) is 4.79 Å². The van der Waals surface area contributed by atoms with E-state index < -0.39 is 11.8 Å². The minimum atomic E-state index is -0.726. The van der Waals surface area contributed by atoms with Crippen molar-refractivity contribution in [1.29, 1.82) is 0 Å². The van der Waals surface area contributed by atoms with Crippen molar-refractivity contribution in [3.8, 4) is 16.9 Å². The first kappa shape index (κ1) is 28.9. The van der Waals surface area contributed by atoms with Crippen LogP contribution in [0.3, 0.4) is 0 Å². The van der Waals surface area contributed by atoms with Crippen molar-refractivity contribution >= 4 is 28.8 Å². The van der Waals surface area contributed by atoms with Gasteiger partial charge in [-0.2, -0.15) is 0 Å². The van der Waals surface area contributed by atoms with Gasteiger partial charge in [0.15, 0.2) is 0 Å². The van der Waals surface area contributed by atoms with Crippen molar-refractivity contribution in [1.82, 2.24) is 9.55 Å². The number of rotatable bonds is 10. The Kier molecular flexibility index (Phi) is 9.25. The second-order valence-electron chi connectivity index (χ2n) is 11.0. The summed E-state index contributed by atoms with van der Waals surface area (Å²) in [5.41, 5.74) is 4.95. The highest BCUT2D eigenvalue weighted by Crippen LogP contribution is 2.31. The van der Waals surface area contributed by atoms with Gasteiger partial charge in [0, 0.05) is 30.6 Å². The van der Waals surface area contributed by atoms with E-state index in [1.165, 1.54) is 0 Å². The highest BCUT2D eigenvalue weighted by atomic mass is 16.7. The van der Waals surface area contributed by atoms with Crippen LogP contribution >= 0.6 is 0 Å². The maximum atomic E-state index is 12.3. The van der Waals surface area contributed by atoms with Crippen LogP contribution in [0, 0.1) is 0 Å². The number of nitrogens with zero attached hydrogens (tertiary/aromatic N) is 2. The van der Waals surface area contributed by atoms with Crippen molar-refractivity contribution in [2.75, 3.05) is 5.32 Å². The molecule has 0 unspecified atom stereocenters. The van der Waals surface area contributed by atoms with Gasteiger partial charge in [0.25, 0.3) is 0 Å². The summed E-state index contributed by atoms with van der Waals surface area (Å²) in [6, 6.07) is 21.7. The first-order valence-corrected chi connectivity index (χ1v) is 14.0. The first-order chi connectivity index (χ1) is 19.2. The van der Waals surface area contributed by atoms with E-state index in [1.807, 2.05) is 55.5 Å². The van der Waals surface area contributed by atoms with Crippen molar-refractivity contribution in [2.24, 2.45) is 0 Å². The molecule has 7 nitrogen and oxygen atoms in total. The quantitative estimate of drug-likeness (QED) is 0.162. The minimum Gasteiger partial charge on any atom is -0.428 e. The Morgan fingerprint density at radius 2 is 1.70 bits per heavy atom. The number of carbonyl (C=O) groups excluding carboxylic acids is 2. The van der Waals surface area contributed by atoms with Crippen LogP contribution in [0.1, 0.15) is 71.7 Å². The van der Waals surface area contributed by atoms with Crippen molar-refractivity contribution in [3.63, 3.8) is 0 Å². The molecular weight excluding hydrogens is 502 g/mol. The highest BCUT2D eigenvalue weighted by molar-refractivity contribution is 5.93. The molecule has 1 heterocycles. The number of benzene rings is 3. The maximum Gasteiger partial charge on any atom is 0.514 e. The number of imidazole rings is 1. The molecule has 0 spiro atoms. The number of fused-ring (bicyclic) bond motifs is 1. The van der Waals surface area contributed by atoms with Gasteiger partial charge in [-0.05, 0) is 69.0 Å². The van der Waals surface area contributed by atoms with Crippen LogP contribution in [-0.2, 0) is 22.5 Å². The summed E-state index contributed by atoms with van der Waals surface area (Å²) in [5, 5.41) is 2.98. The van der Waals surface area contributed by atoms with E-state index in [0.29, 0.717) is 18.7 Å². The molecule has 0 saturated heterocycles. The lowest BCUT2D eigenvalue weighted by atomic mass is 10.0. The number of aromatic nitrogens is 2. The number of para-hydroxylation sites is 1. The third-order valence-electron chi connectivity index (χ3n) is 6.42. The number of anilines is 1. The number of hydrogen-bond acceptors (Lipinski definition) is 5. The van der Waals surface area contributed by atoms with Crippen LogP contribution in [0.2, 0.25) is 0 Å². The third kappa shape index (κ3) is 7.50. The maximum absolute atomic E-state index is 12.3. The molecule has 0 aliphatic carbocycles. The highest BCUT2D eigenvalue weighted by Gasteiger charge is 2.19. The molecule has 3 aromatic carbocycles. The Morgan fingerprint density at radius 3 is 2.40 bits per heavy atom. The average molecular weight is 542 g/mol. The fraction of sp³-hybridized carbons (Fsp3) is 0.364. The molecule has 0 saturated carbocycles. The predicted octanol–water partition coefficient (Wildman–Crippen LogP) is 8.15. The Morgan fingerprint density at radius 1 is 0.950 bits per heavy atom. The summed E-state index contributed by atoms with van der Waals surface area (Å²) in [6.07, 6.45) is 3.61. The topological polar surface area (TPSA) is 82.5 Å². The molecule has 4 rings (SSSR count). The first-order valence-electron chi connectivity index (χ1n) is 14.0. The Hall–Kier alpha value is -4.13. The minimum absolute atomic E-state index is 0.0191. The fourth-order valence-electron chi connectivity index (χ4n) is 4.54. The van der Waals surface area contributed by atoms with E-state index in [-0.39, 0.29) is 5.91 Å². The molecular formula is C33H39N3O4. The molecule has 7 heteroatoms. The summed E-state index contributed by atoms with van der Waals surface area (Å²) in [7, 11) is 0. The SMILES string of the molecule is CCCCc1nc2cc(NC(=O)CCC)ccc2n1Cc1ccc(-c2ccccc2OC(=O)OC(C)(C)C)cc1. The van der Waals surface area contributed by atoms with E-state index in [1.54, 1.807) is 26.8 Å². The molecule has 1 amide bonds. The zero-order valence-electron chi connectivity index (χ0n) is 24.1. The Balaban J connectivity index is 1.57. The smallest absolute Gasteiger partial charge is 0.428 e. The summed E-state index contributed by atoms with van der Waals surface area (Å²) in [6.45, 7) is 10.3. The number of ether oxygens (including phenoxy) is 2. The molecule has 0 fully saturated rings. The van der Waals surface area contributed by atoms with Gasteiger partial charge in [-0.25, -0.2) is 9.78 Å². The van der Waals surface area contributed by atoms with Crippen molar-refractivity contribution in [2.45, 2.75) is 78.9 Å². The molecule has 0 bridgehead atoms. The van der Waals surface area contributed by atoms with Gasteiger partial charge in [0.1, 0.15) is 17.2 Å². The van der Waals surface area contributed by atoms with Crippen LogP contribution in [-0.4, -0.2) is 27.2 Å². The number of amides is 1. The molecule has 0 atom stereocenters. The zero-order valence-corrected chi connectivity index (χ0v) is 24.1. The molecule has 210 valence electrons. The van der Waals surface area contributed by atoms with E-state index >= 15 is 0 Å². The van der Waals surface area contributed by atoms with Gasteiger partial charge in [0.2, 0.25) is 5.91 Å². The largest absolute Gasteiger partial charge is 0.514 e. The van der Waals surface area contributed by atoms with Crippen LogP contribution in [0.25, 0.3) is 22.2 Å². The number of hydrogen-bond donors (Lipinski definition) is 1. The number of carbonyl (C=O) groups is 2. The van der Waals surface area contributed by atoms with Gasteiger partial charge < -0.3 is 19.4 Å². The van der Waals surface area contributed by atoms with Crippen LogP contribution in [0.4, 0.5) is 10.5 Å². The zero-order chi connectivity index (χ0) is 28.7. The molecule has 40 heavy (non-hydrogen) atoms. The molecule has 1 N–H and O–H groups in total. The second kappa shape index (κ2) is 12.8. The van der Waals surface area contributed by atoms with Crippen LogP contribution in [0.15, 0.2) is 66.7 Å². The second-order valence-corrected chi connectivity index (χ2v) is 11.0. The molecule has 1 aromatic heterocycles. The lowest BCUT2D eigenvalue weighted by Gasteiger charge is -2.19. The lowest BCUT2D eigenvalue weighted by Crippen LogP contribution is -2.26. The lowest BCUT2D eigenvalue weighted by molar-refractivity contribution is -0.116. The van der Waals surface area contributed by atoms with Gasteiger partial charge >= 0.3 is 6.16 Å². The van der Waals surface area contributed by atoms with E-state index in [2.05, 4.69) is 28.9 Å². The monoisotopic (exact) mass is 541 g/mol. The van der Waals surface area contributed by atoms with Crippen molar-refractivity contribution < 1.29 is 19.1 Å². The summed E-state index contributed by atoms with van der Waals surface area (Å²) in [4.78, 5) is 29.3.